The van der Waals surface area contributed by atoms with Gasteiger partial charge in [0, 0.05) is 13.5 Å². The molecule has 112 valence electrons. The van der Waals surface area contributed by atoms with Crippen molar-refractivity contribution in [1.29, 1.82) is 0 Å². The zero-order chi connectivity index (χ0) is 14.8. The first-order chi connectivity index (χ1) is 9.39. The predicted octanol–water partition coefficient (Wildman–Crippen LogP) is 0.273. The molecular weight excluding hydrogens is 302 g/mol. The van der Waals surface area contributed by atoms with E-state index in [0.717, 1.165) is 0 Å². The summed E-state index contributed by atoms with van der Waals surface area (Å²) in [5.41, 5.74) is 0. The molecule has 2 heterocycles. The standard InChI is InChI=1S/C11H17N3O4S2/c1-7(10(15)12-2)19-11-14-13-9(18-11)5-8-3-4-20(16,17)6-8/h7-8H,3-6H2,1-2H3,(H,12,15)/t7-,8-/m0/s1. The second kappa shape index (κ2) is 6.13. The van der Waals surface area contributed by atoms with Crippen LogP contribution < -0.4 is 5.32 Å². The fourth-order valence-electron chi connectivity index (χ4n) is 2.06. The Morgan fingerprint density at radius 2 is 2.30 bits per heavy atom. The zero-order valence-corrected chi connectivity index (χ0v) is 13.0. The SMILES string of the molecule is CNC(=O)[C@H](C)Sc1nnc(C[C@@H]2CCS(=O)(=O)C2)o1. The Bertz CT molecular complexity index is 584. The number of hydrogen-bond acceptors (Lipinski definition) is 7. The minimum atomic E-state index is -2.89. The second-order valence-electron chi connectivity index (χ2n) is 4.81. The summed E-state index contributed by atoms with van der Waals surface area (Å²) >= 11 is 1.18. The van der Waals surface area contributed by atoms with Gasteiger partial charge in [-0.3, -0.25) is 4.79 Å². The first-order valence-electron chi connectivity index (χ1n) is 6.30. The average Bonchev–Trinajstić information content (AvgIpc) is 2.95. The van der Waals surface area contributed by atoms with Crippen molar-refractivity contribution in [3.05, 3.63) is 5.89 Å². The summed E-state index contributed by atoms with van der Waals surface area (Å²) in [6, 6.07) is 0. The molecule has 0 radical (unpaired) electrons. The molecule has 1 aromatic heterocycles. The maximum atomic E-state index is 11.4. The van der Waals surface area contributed by atoms with E-state index in [4.69, 9.17) is 4.42 Å². The molecular formula is C11H17N3O4S2. The monoisotopic (exact) mass is 319 g/mol. The number of hydrogen-bond donors (Lipinski definition) is 1. The first-order valence-corrected chi connectivity index (χ1v) is 9.01. The summed E-state index contributed by atoms with van der Waals surface area (Å²) in [7, 11) is -1.32. The maximum Gasteiger partial charge on any atom is 0.277 e. The number of sulfone groups is 1. The summed E-state index contributed by atoms with van der Waals surface area (Å²) < 4.78 is 28.2. The van der Waals surface area contributed by atoms with Crippen molar-refractivity contribution in [3.63, 3.8) is 0 Å². The predicted molar refractivity (Wildman–Crippen MR) is 74.1 cm³/mol. The number of aromatic nitrogens is 2. The molecule has 0 aliphatic carbocycles. The minimum absolute atomic E-state index is 0.0506. The van der Waals surface area contributed by atoms with Gasteiger partial charge in [0.2, 0.25) is 11.8 Å². The zero-order valence-electron chi connectivity index (χ0n) is 11.3. The highest BCUT2D eigenvalue weighted by molar-refractivity contribution is 8.00. The van der Waals surface area contributed by atoms with E-state index in [9.17, 15) is 13.2 Å². The van der Waals surface area contributed by atoms with Gasteiger partial charge in [-0.1, -0.05) is 11.8 Å². The van der Waals surface area contributed by atoms with E-state index in [1.165, 1.54) is 11.8 Å². The topological polar surface area (TPSA) is 102 Å². The fourth-order valence-corrected chi connectivity index (χ4v) is 4.68. The molecule has 0 unspecified atom stereocenters. The van der Waals surface area contributed by atoms with Crippen molar-refractivity contribution in [2.24, 2.45) is 5.92 Å². The lowest BCUT2D eigenvalue weighted by Crippen LogP contribution is -2.27. The summed E-state index contributed by atoms with van der Waals surface area (Å²) in [6.45, 7) is 1.75. The molecule has 2 atom stereocenters. The third-order valence-corrected chi connectivity index (χ3v) is 5.90. The molecule has 0 saturated carbocycles. The van der Waals surface area contributed by atoms with Gasteiger partial charge in [0.25, 0.3) is 5.22 Å². The highest BCUT2D eigenvalue weighted by atomic mass is 32.2. The van der Waals surface area contributed by atoms with E-state index in [2.05, 4.69) is 15.5 Å². The van der Waals surface area contributed by atoms with Crippen molar-refractivity contribution in [1.82, 2.24) is 15.5 Å². The van der Waals surface area contributed by atoms with Crippen molar-refractivity contribution in [2.45, 2.75) is 30.2 Å². The highest BCUT2D eigenvalue weighted by Gasteiger charge is 2.29. The lowest BCUT2D eigenvalue weighted by molar-refractivity contribution is -0.119. The van der Waals surface area contributed by atoms with E-state index in [1.54, 1.807) is 14.0 Å². The molecule has 1 fully saturated rings. The third kappa shape index (κ3) is 3.95. The Labute approximate surface area is 121 Å². The molecule has 1 amide bonds. The van der Waals surface area contributed by atoms with Crippen molar-refractivity contribution < 1.29 is 17.6 Å². The summed E-state index contributed by atoms with van der Waals surface area (Å²) in [4.78, 5) is 11.4. The van der Waals surface area contributed by atoms with Crippen LogP contribution >= 0.6 is 11.8 Å². The van der Waals surface area contributed by atoms with Crippen LogP contribution in [0.2, 0.25) is 0 Å². The molecule has 7 nitrogen and oxygen atoms in total. The number of nitrogens with one attached hydrogen (secondary N) is 1. The van der Waals surface area contributed by atoms with Gasteiger partial charge in [0.1, 0.15) is 0 Å². The van der Waals surface area contributed by atoms with Crippen molar-refractivity contribution in [3.8, 4) is 0 Å². The van der Waals surface area contributed by atoms with E-state index < -0.39 is 9.84 Å². The molecule has 0 aromatic carbocycles. The van der Waals surface area contributed by atoms with Gasteiger partial charge in [0.05, 0.1) is 16.8 Å². The Morgan fingerprint density at radius 1 is 1.55 bits per heavy atom. The van der Waals surface area contributed by atoms with Crippen LogP contribution in [0.4, 0.5) is 0 Å². The smallest absolute Gasteiger partial charge is 0.277 e. The number of carbonyl (C=O) groups is 1. The largest absolute Gasteiger partial charge is 0.416 e. The third-order valence-electron chi connectivity index (χ3n) is 3.13. The number of nitrogens with zero attached hydrogens (tertiary/aromatic N) is 2. The van der Waals surface area contributed by atoms with E-state index in [-0.39, 0.29) is 28.6 Å². The molecule has 0 spiro atoms. The quantitative estimate of drug-likeness (QED) is 0.777. The molecule has 2 rings (SSSR count). The molecule has 1 saturated heterocycles. The van der Waals surface area contributed by atoms with Gasteiger partial charge in [-0.2, -0.15) is 0 Å². The van der Waals surface area contributed by atoms with Crippen LogP contribution in [0.25, 0.3) is 0 Å². The van der Waals surface area contributed by atoms with Gasteiger partial charge >= 0.3 is 0 Å². The van der Waals surface area contributed by atoms with Gasteiger partial charge < -0.3 is 9.73 Å². The highest BCUT2D eigenvalue weighted by Crippen LogP contribution is 2.25. The molecule has 20 heavy (non-hydrogen) atoms. The lowest BCUT2D eigenvalue weighted by Gasteiger charge is -2.05. The molecule has 1 N–H and O–H groups in total. The van der Waals surface area contributed by atoms with Gasteiger partial charge in [-0.15, -0.1) is 10.2 Å². The first kappa shape index (κ1) is 15.3. The Kier molecular flexibility index (Phi) is 4.69. The van der Waals surface area contributed by atoms with Crippen molar-refractivity contribution >= 4 is 27.5 Å². The van der Waals surface area contributed by atoms with Crippen LogP contribution in [0.5, 0.6) is 0 Å². The Balaban J connectivity index is 1.91. The second-order valence-corrected chi connectivity index (χ2v) is 8.33. The molecule has 1 aliphatic heterocycles. The summed E-state index contributed by atoms with van der Waals surface area (Å²) in [5.74, 6) is 0.790. The van der Waals surface area contributed by atoms with Crippen LogP contribution in [-0.4, -0.2) is 48.3 Å². The maximum absolute atomic E-state index is 11.4. The summed E-state index contributed by atoms with van der Waals surface area (Å²) in [6.07, 6.45) is 1.11. The minimum Gasteiger partial charge on any atom is -0.416 e. The number of carbonyl (C=O) groups excluding carboxylic acids is 1. The summed E-state index contributed by atoms with van der Waals surface area (Å²) in [5, 5.41) is 10.3. The fraction of sp³-hybridized carbons (Fsp3) is 0.727. The Hall–Kier alpha value is -1.09. The number of rotatable bonds is 5. The van der Waals surface area contributed by atoms with Crippen LogP contribution in [0.3, 0.4) is 0 Å². The number of thioether (sulfide) groups is 1. The Morgan fingerprint density at radius 3 is 2.90 bits per heavy atom. The normalized spacial score (nSPS) is 22.6. The van der Waals surface area contributed by atoms with E-state index in [0.29, 0.717) is 24.0 Å². The van der Waals surface area contributed by atoms with E-state index >= 15 is 0 Å². The van der Waals surface area contributed by atoms with Crippen LogP contribution in [-0.2, 0) is 21.1 Å². The molecule has 1 aliphatic rings. The molecule has 9 heteroatoms. The van der Waals surface area contributed by atoms with Crippen molar-refractivity contribution in [2.75, 3.05) is 18.6 Å². The molecule has 0 bridgehead atoms. The van der Waals surface area contributed by atoms with Crippen LogP contribution in [0.15, 0.2) is 9.64 Å². The van der Waals surface area contributed by atoms with Crippen LogP contribution in [0.1, 0.15) is 19.2 Å². The average molecular weight is 319 g/mol. The van der Waals surface area contributed by atoms with Crippen LogP contribution in [0, 0.1) is 5.92 Å². The van der Waals surface area contributed by atoms with Gasteiger partial charge in [0.15, 0.2) is 9.84 Å². The van der Waals surface area contributed by atoms with Gasteiger partial charge in [-0.25, -0.2) is 8.42 Å². The van der Waals surface area contributed by atoms with Gasteiger partial charge in [-0.05, 0) is 19.3 Å². The number of amides is 1. The lowest BCUT2D eigenvalue weighted by atomic mass is 10.1. The molecule has 1 aromatic rings. The van der Waals surface area contributed by atoms with E-state index in [1.807, 2.05) is 0 Å².